The summed E-state index contributed by atoms with van der Waals surface area (Å²) < 4.78 is 41.6. The Hall–Kier alpha value is -3.01. The van der Waals surface area contributed by atoms with Gasteiger partial charge in [0.05, 0.1) is 16.6 Å². The molecular weight excluding hydrogens is 501 g/mol. The lowest BCUT2D eigenvalue weighted by atomic mass is 9.85. The van der Waals surface area contributed by atoms with Gasteiger partial charge in [-0.3, -0.25) is 10.0 Å². The average Bonchev–Trinajstić information content (AvgIpc) is 2.87. The Morgan fingerprint density at radius 1 is 1.19 bits per heavy atom. The molecule has 2 aromatic rings. The van der Waals surface area contributed by atoms with Gasteiger partial charge in [-0.15, -0.1) is 0 Å². The maximum atomic E-state index is 13.1. The second-order valence-corrected chi connectivity index (χ2v) is 10.7. The van der Waals surface area contributed by atoms with Crippen molar-refractivity contribution < 1.29 is 27.9 Å². The van der Waals surface area contributed by atoms with Crippen LogP contribution >= 0.6 is 0 Å². The summed E-state index contributed by atoms with van der Waals surface area (Å²) >= 11 is 0. The van der Waals surface area contributed by atoms with Crippen LogP contribution < -0.4 is 15.3 Å². The van der Waals surface area contributed by atoms with E-state index < -0.39 is 15.2 Å². The molecular formula is C26H31FN3O6S-. The van der Waals surface area contributed by atoms with Crippen molar-refractivity contribution in [3.63, 3.8) is 0 Å². The van der Waals surface area contributed by atoms with E-state index in [1.165, 1.54) is 24.3 Å². The fraction of sp³-hybridized carbons (Fsp3) is 0.423. The van der Waals surface area contributed by atoms with Gasteiger partial charge < -0.3 is 20.9 Å². The zero-order valence-corrected chi connectivity index (χ0v) is 21.3. The number of hydrogen-bond acceptors (Lipinski definition) is 7. The number of aliphatic hydroxyl groups excluding tert-OH is 1. The predicted octanol–water partition coefficient (Wildman–Crippen LogP) is 3.36. The van der Waals surface area contributed by atoms with E-state index in [1.54, 1.807) is 12.1 Å². The van der Waals surface area contributed by atoms with Crippen molar-refractivity contribution in [1.29, 1.82) is 0 Å². The molecule has 11 heteroatoms. The molecule has 0 spiro atoms. The summed E-state index contributed by atoms with van der Waals surface area (Å²) in [6.45, 7) is 1.79. The number of rotatable bonds is 9. The van der Waals surface area contributed by atoms with Crippen molar-refractivity contribution in [3.8, 4) is 11.8 Å². The highest BCUT2D eigenvalue weighted by atomic mass is 32.2. The molecule has 37 heavy (non-hydrogen) atoms. The van der Waals surface area contributed by atoms with E-state index in [-0.39, 0.29) is 52.5 Å². The Labute approximate surface area is 216 Å². The number of sulfonamides is 1. The fourth-order valence-corrected chi connectivity index (χ4v) is 5.52. The topological polar surface area (TPSA) is 142 Å². The summed E-state index contributed by atoms with van der Waals surface area (Å²) in [5.41, 5.74) is 0.656. The molecule has 1 saturated carbocycles. The number of halogens is 1. The molecule has 0 aromatic heterocycles. The van der Waals surface area contributed by atoms with Crippen molar-refractivity contribution in [2.24, 2.45) is 5.92 Å². The third-order valence-electron chi connectivity index (χ3n) is 6.32. The fourth-order valence-electron chi connectivity index (χ4n) is 4.19. The van der Waals surface area contributed by atoms with Crippen LogP contribution in [0.15, 0.2) is 47.4 Å². The summed E-state index contributed by atoms with van der Waals surface area (Å²) in [4.78, 5) is 12.5. The minimum Gasteiger partial charge on any atom is -0.733 e. The molecule has 0 radical (unpaired) electrons. The smallest absolute Gasteiger partial charge is 0.240 e. The standard InChI is InChI=1S/C26H31FN3O6S/c1-18(19-6-11-22(27)12-7-19)28-26(32)21-8-13-23(14-9-21)29-37(35,36)24-15-10-20(5-3-2-4-16-31)25(17-24)30(33)34/h6-7,10-12,15,17-18,21,23,29,31,33H,2,4,8-9,13-14,16H2,1H3,(H,28,32)/q-1/t18-,21?,23?/m1/s1. The predicted molar refractivity (Wildman–Crippen MR) is 136 cm³/mol. The number of amides is 1. The molecule has 2 aromatic carbocycles. The maximum Gasteiger partial charge on any atom is 0.240 e. The monoisotopic (exact) mass is 532 g/mol. The quantitative estimate of drug-likeness (QED) is 0.220. The number of nitrogens with one attached hydrogen (secondary N) is 2. The van der Waals surface area contributed by atoms with Crippen LogP contribution in [-0.2, 0) is 14.8 Å². The van der Waals surface area contributed by atoms with Gasteiger partial charge in [0, 0.05) is 30.6 Å². The van der Waals surface area contributed by atoms with E-state index >= 15 is 0 Å². The number of hydrogen-bond donors (Lipinski definition) is 4. The van der Waals surface area contributed by atoms with Crippen LogP contribution in [-0.4, -0.2) is 37.3 Å². The molecule has 0 aliphatic heterocycles. The average molecular weight is 533 g/mol. The minimum atomic E-state index is -4.00. The first-order valence-corrected chi connectivity index (χ1v) is 13.6. The van der Waals surface area contributed by atoms with Gasteiger partial charge in [0.25, 0.3) is 0 Å². The molecule has 4 N–H and O–H groups in total. The van der Waals surface area contributed by atoms with Crippen molar-refractivity contribution in [2.45, 2.75) is 62.4 Å². The van der Waals surface area contributed by atoms with Gasteiger partial charge in [-0.05, 0) is 74.9 Å². The molecule has 1 aliphatic carbocycles. The Morgan fingerprint density at radius 3 is 2.49 bits per heavy atom. The van der Waals surface area contributed by atoms with E-state index in [1.807, 2.05) is 6.92 Å². The lowest BCUT2D eigenvalue weighted by Gasteiger charge is -2.29. The van der Waals surface area contributed by atoms with Crippen LogP contribution in [0.3, 0.4) is 0 Å². The summed E-state index contributed by atoms with van der Waals surface area (Å²) in [7, 11) is -4.00. The molecule has 1 aliphatic rings. The van der Waals surface area contributed by atoms with E-state index in [0.29, 0.717) is 38.5 Å². The molecule has 1 fully saturated rings. The molecule has 0 saturated heterocycles. The van der Waals surface area contributed by atoms with Crippen LogP contribution in [0.25, 0.3) is 0 Å². The van der Waals surface area contributed by atoms with Gasteiger partial charge in [-0.25, -0.2) is 17.5 Å². The third-order valence-corrected chi connectivity index (χ3v) is 7.84. The largest absolute Gasteiger partial charge is 0.733 e. The Balaban J connectivity index is 1.58. The minimum absolute atomic E-state index is 0.0280. The molecule has 200 valence electrons. The van der Waals surface area contributed by atoms with E-state index in [0.717, 1.165) is 11.6 Å². The van der Waals surface area contributed by atoms with Crippen molar-refractivity contribution in [3.05, 3.63) is 64.6 Å². The molecule has 0 heterocycles. The Bertz CT molecular complexity index is 1230. The number of nitrogens with zero attached hydrogens (tertiary/aromatic N) is 1. The van der Waals surface area contributed by atoms with Crippen LogP contribution in [0.5, 0.6) is 0 Å². The van der Waals surface area contributed by atoms with Crippen LogP contribution in [0.1, 0.15) is 62.6 Å². The maximum absolute atomic E-state index is 13.1. The number of anilines is 1. The van der Waals surface area contributed by atoms with Gasteiger partial charge in [-0.1, -0.05) is 24.0 Å². The number of aliphatic hydroxyl groups is 1. The van der Waals surface area contributed by atoms with Crippen molar-refractivity contribution in [1.82, 2.24) is 10.0 Å². The normalized spacial score (nSPS) is 18.4. The second-order valence-electron chi connectivity index (χ2n) is 9.03. The Kier molecular flexibility index (Phi) is 10.0. The lowest BCUT2D eigenvalue weighted by Crippen LogP contribution is -2.41. The SMILES string of the molecule is C[C@@H](NC(=O)C1CCC(NS(=O)(=O)c2ccc(C#CCCCO)c(N([O-])O)c2)CC1)c1ccc(F)cc1. The molecule has 3 rings (SSSR count). The first-order valence-electron chi connectivity index (χ1n) is 12.1. The molecule has 1 amide bonds. The van der Waals surface area contributed by atoms with Gasteiger partial charge in [0.15, 0.2) is 0 Å². The zero-order chi connectivity index (χ0) is 27.0. The number of carbonyl (C=O) groups excluding carboxylic acids is 1. The summed E-state index contributed by atoms with van der Waals surface area (Å²) in [5, 5.41) is 32.4. The number of carbonyl (C=O) groups is 1. The van der Waals surface area contributed by atoms with Gasteiger partial charge in [-0.2, -0.15) is 0 Å². The van der Waals surface area contributed by atoms with Crippen LogP contribution in [0.4, 0.5) is 10.1 Å². The highest BCUT2D eigenvalue weighted by molar-refractivity contribution is 7.89. The molecule has 0 unspecified atom stereocenters. The lowest BCUT2D eigenvalue weighted by molar-refractivity contribution is -0.126. The first-order chi connectivity index (χ1) is 17.6. The summed E-state index contributed by atoms with van der Waals surface area (Å²) in [5.74, 6) is 4.72. The van der Waals surface area contributed by atoms with E-state index in [9.17, 15) is 28.0 Å². The number of benzene rings is 2. The molecule has 0 bridgehead atoms. The molecule has 1 atom stereocenters. The Morgan fingerprint density at radius 2 is 1.86 bits per heavy atom. The van der Waals surface area contributed by atoms with Gasteiger partial charge >= 0.3 is 0 Å². The van der Waals surface area contributed by atoms with E-state index in [2.05, 4.69) is 21.9 Å². The van der Waals surface area contributed by atoms with Crippen molar-refractivity contribution >= 4 is 21.6 Å². The van der Waals surface area contributed by atoms with Gasteiger partial charge in [0.1, 0.15) is 5.82 Å². The van der Waals surface area contributed by atoms with Gasteiger partial charge in [0.2, 0.25) is 15.9 Å². The highest BCUT2D eigenvalue weighted by Crippen LogP contribution is 2.28. The van der Waals surface area contributed by atoms with Crippen molar-refractivity contribution in [2.75, 3.05) is 11.8 Å². The first kappa shape index (κ1) is 28.6. The summed E-state index contributed by atoms with van der Waals surface area (Å²) in [6.07, 6.45) is 2.74. The highest BCUT2D eigenvalue weighted by Gasteiger charge is 2.30. The van der Waals surface area contributed by atoms with E-state index in [4.69, 9.17) is 5.11 Å². The summed E-state index contributed by atoms with van der Waals surface area (Å²) in [6, 6.07) is 8.97. The molecule has 9 nitrogen and oxygen atoms in total. The third kappa shape index (κ3) is 7.99. The number of unbranched alkanes of at least 4 members (excludes halogenated alkanes) is 1. The van der Waals surface area contributed by atoms with Crippen LogP contribution in [0.2, 0.25) is 0 Å². The zero-order valence-electron chi connectivity index (χ0n) is 20.5. The second kappa shape index (κ2) is 13.0. The van der Waals surface area contributed by atoms with Crippen LogP contribution in [0, 0.1) is 28.8 Å².